The maximum atomic E-state index is 6.74. The van der Waals surface area contributed by atoms with Gasteiger partial charge >= 0.3 is 0 Å². The molecule has 1 aromatic carbocycles. The molecule has 20 heavy (non-hydrogen) atoms. The van der Waals surface area contributed by atoms with Crippen molar-refractivity contribution < 1.29 is 9.47 Å². The average molecular weight is 342 g/mol. The molecule has 1 aliphatic rings. The van der Waals surface area contributed by atoms with Crippen molar-refractivity contribution in [3.63, 3.8) is 0 Å². The number of hydrogen-bond acceptors (Lipinski definition) is 3. The van der Waals surface area contributed by atoms with E-state index in [9.17, 15) is 0 Å². The van der Waals surface area contributed by atoms with Crippen molar-refractivity contribution in [3.8, 4) is 11.5 Å². The number of methoxy groups -OCH3 is 2. The van der Waals surface area contributed by atoms with Crippen LogP contribution in [0.4, 0.5) is 0 Å². The van der Waals surface area contributed by atoms with Crippen molar-refractivity contribution in [2.45, 2.75) is 44.6 Å². The molecule has 1 saturated carbocycles. The summed E-state index contributed by atoms with van der Waals surface area (Å²) in [7, 11) is 3.34. The van der Waals surface area contributed by atoms with Gasteiger partial charge in [-0.25, -0.2) is 0 Å². The molecule has 0 saturated heterocycles. The van der Waals surface area contributed by atoms with Gasteiger partial charge in [-0.2, -0.15) is 0 Å². The Balaban J connectivity index is 2.43. The topological polar surface area (TPSA) is 44.5 Å². The van der Waals surface area contributed by atoms with Gasteiger partial charge in [0.15, 0.2) is 0 Å². The molecule has 1 aromatic rings. The van der Waals surface area contributed by atoms with Gasteiger partial charge in [0, 0.05) is 11.1 Å². The number of nitrogens with two attached hydrogens (primary N) is 1. The summed E-state index contributed by atoms with van der Waals surface area (Å²) < 4.78 is 11.8. The molecule has 4 heteroatoms. The van der Waals surface area contributed by atoms with E-state index < -0.39 is 0 Å². The summed E-state index contributed by atoms with van der Waals surface area (Å²) >= 11 is 3.57. The van der Waals surface area contributed by atoms with Crippen LogP contribution < -0.4 is 15.2 Å². The van der Waals surface area contributed by atoms with Crippen LogP contribution in [0.15, 0.2) is 16.6 Å². The number of ether oxygens (including phenoxy) is 2. The van der Waals surface area contributed by atoms with Gasteiger partial charge in [-0.3, -0.25) is 0 Å². The van der Waals surface area contributed by atoms with Gasteiger partial charge in [-0.15, -0.1) is 0 Å². The zero-order valence-electron chi connectivity index (χ0n) is 12.5. The summed E-state index contributed by atoms with van der Waals surface area (Å²) in [5, 5.41) is 0. The maximum Gasteiger partial charge on any atom is 0.141 e. The molecule has 2 rings (SSSR count). The second-order valence-corrected chi connectivity index (χ2v) is 6.65. The van der Waals surface area contributed by atoms with Crippen LogP contribution in [0.2, 0.25) is 0 Å². The third-order valence-electron chi connectivity index (χ3n) is 4.43. The molecule has 112 valence electrons. The molecule has 2 atom stereocenters. The second-order valence-electron chi connectivity index (χ2n) is 5.85. The standard InChI is InChI=1S/C16H24BrNO2/c1-11-5-4-9-16(18,10-8-11)12-6-7-13(19-2)14(17)15(12)20-3/h6-7,11H,4-5,8-10,18H2,1-3H3. The van der Waals surface area contributed by atoms with Crippen LogP contribution in [0, 0.1) is 5.92 Å². The molecular formula is C16H24BrNO2. The van der Waals surface area contributed by atoms with E-state index in [1.54, 1.807) is 14.2 Å². The van der Waals surface area contributed by atoms with Crippen molar-refractivity contribution in [1.29, 1.82) is 0 Å². The summed E-state index contributed by atoms with van der Waals surface area (Å²) in [6, 6.07) is 4.02. The van der Waals surface area contributed by atoms with Crippen LogP contribution in [-0.2, 0) is 5.54 Å². The van der Waals surface area contributed by atoms with E-state index in [1.165, 1.54) is 19.3 Å². The van der Waals surface area contributed by atoms with Crippen LogP contribution >= 0.6 is 15.9 Å². The number of halogens is 1. The molecule has 0 spiro atoms. The zero-order chi connectivity index (χ0) is 14.8. The minimum atomic E-state index is -0.301. The molecule has 0 heterocycles. The Morgan fingerprint density at radius 2 is 1.95 bits per heavy atom. The third kappa shape index (κ3) is 2.96. The lowest BCUT2D eigenvalue weighted by Gasteiger charge is -2.31. The Labute approximate surface area is 130 Å². The lowest BCUT2D eigenvalue weighted by molar-refractivity contribution is 0.339. The molecule has 0 aromatic heterocycles. The summed E-state index contributed by atoms with van der Waals surface area (Å²) in [5.41, 5.74) is 7.52. The summed E-state index contributed by atoms with van der Waals surface area (Å²) in [6.45, 7) is 2.31. The van der Waals surface area contributed by atoms with Gasteiger partial charge in [0.1, 0.15) is 16.0 Å². The monoisotopic (exact) mass is 341 g/mol. The quantitative estimate of drug-likeness (QED) is 0.837. The first-order valence-electron chi connectivity index (χ1n) is 7.21. The Bertz CT molecular complexity index is 478. The SMILES string of the molecule is COc1ccc(C2(N)CCCC(C)CC2)c(OC)c1Br. The lowest BCUT2D eigenvalue weighted by atomic mass is 9.83. The van der Waals surface area contributed by atoms with E-state index in [2.05, 4.69) is 28.9 Å². The van der Waals surface area contributed by atoms with Gasteiger partial charge in [0.05, 0.1) is 14.2 Å². The van der Waals surface area contributed by atoms with Gasteiger partial charge in [0.2, 0.25) is 0 Å². The lowest BCUT2D eigenvalue weighted by Crippen LogP contribution is -2.36. The smallest absolute Gasteiger partial charge is 0.141 e. The fraction of sp³-hybridized carbons (Fsp3) is 0.625. The predicted molar refractivity (Wildman–Crippen MR) is 85.4 cm³/mol. The first kappa shape index (κ1) is 15.6. The van der Waals surface area contributed by atoms with Crippen molar-refractivity contribution in [3.05, 3.63) is 22.2 Å². The van der Waals surface area contributed by atoms with Gasteiger partial charge in [0.25, 0.3) is 0 Å². The van der Waals surface area contributed by atoms with Crippen molar-refractivity contribution >= 4 is 15.9 Å². The summed E-state index contributed by atoms with van der Waals surface area (Å²) in [4.78, 5) is 0. The van der Waals surface area contributed by atoms with Gasteiger partial charge in [-0.1, -0.05) is 19.8 Å². The van der Waals surface area contributed by atoms with Crippen LogP contribution in [0.25, 0.3) is 0 Å². The van der Waals surface area contributed by atoms with E-state index in [0.717, 1.165) is 40.3 Å². The predicted octanol–water partition coefficient (Wildman–Crippen LogP) is 4.22. The highest BCUT2D eigenvalue weighted by Crippen LogP contribution is 2.45. The highest BCUT2D eigenvalue weighted by atomic mass is 79.9. The molecule has 2 unspecified atom stereocenters. The fourth-order valence-electron chi connectivity index (χ4n) is 3.10. The average Bonchev–Trinajstić information content (AvgIpc) is 2.61. The zero-order valence-corrected chi connectivity index (χ0v) is 14.1. The van der Waals surface area contributed by atoms with E-state index in [-0.39, 0.29) is 5.54 Å². The molecule has 1 fully saturated rings. The molecule has 3 nitrogen and oxygen atoms in total. The van der Waals surface area contributed by atoms with Crippen LogP contribution in [0.3, 0.4) is 0 Å². The number of benzene rings is 1. The van der Waals surface area contributed by atoms with Gasteiger partial charge in [-0.05, 0) is 53.2 Å². The van der Waals surface area contributed by atoms with Crippen LogP contribution in [0.5, 0.6) is 11.5 Å². The number of hydrogen-bond donors (Lipinski definition) is 1. The molecule has 0 radical (unpaired) electrons. The van der Waals surface area contributed by atoms with Gasteiger partial charge < -0.3 is 15.2 Å². The van der Waals surface area contributed by atoms with Crippen LogP contribution in [-0.4, -0.2) is 14.2 Å². The minimum absolute atomic E-state index is 0.301. The normalized spacial score (nSPS) is 26.9. The first-order valence-corrected chi connectivity index (χ1v) is 8.01. The Hall–Kier alpha value is -0.740. The summed E-state index contributed by atoms with van der Waals surface area (Å²) in [5.74, 6) is 2.34. The highest BCUT2D eigenvalue weighted by Gasteiger charge is 2.33. The van der Waals surface area contributed by atoms with E-state index in [4.69, 9.17) is 15.2 Å². The largest absolute Gasteiger partial charge is 0.495 e. The highest BCUT2D eigenvalue weighted by molar-refractivity contribution is 9.10. The second kappa shape index (κ2) is 6.35. The summed E-state index contributed by atoms with van der Waals surface area (Å²) in [6.07, 6.45) is 5.61. The fourth-order valence-corrected chi connectivity index (χ4v) is 3.77. The Kier molecular flexibility index (Phi) is 4.97. The maximum absolute atomic E-state index is 6.74. The molecule has 0 bridgehead atoms. The Morgan fingerprint density at radius 1 is 1.20 bits per heavy atom. The number of rotatable bonds is 3. The molecule has 0 aliphatic heterocycles. The molecular weight excluding hydrogens is 318 g/mol. The molecule has 1 aliphatic carbocycles. The molecule has 0 amide bonds. The minimum Gasteiger partial charge on any atom is -0.495 e. The van der Waals surface area contributed by atoms with Crippen LogP contribution in [0.1, 0.15) is 44.6 Å². The molecule has 2 N–H and O–H groups in total. The van der Waals surface area contributed by atoms with Crippen molar-refractivity contribution in [1.82, 2.24) is 0 Å². The van der Waals surface area contributed by atoms with E-state index >= 15 is 0 Å². The van der Waals surface area contributed by atoms with Crippen molar-refractivity contribution in [2.75, 3.05) is 14.2 Å². The van der Waals surface area contributed by atoms with Crippen molar-refractivity contribution in [2.24, 2.45) is 11.7 Å². The van der Waals surface area contributed by atoms with E-state index in [0.29, 0.717) is 0 Å². The van der Waals surface area contributed by atoms with E-state index in [1.807, 2.05) is 6.07 Å². The Morgan fingerprint density at radius 3 is 2.60 bits per heavy atom. The first-order chi connectivity index (χ1) is 9.51. The third-order valence-corrected chi connectivity index (χ3v) is 5.18.